The lowest BCUT2D eigenvalue weighted by Crippen LogP contribution is -2.38. The number of rotatable bonds is 6. The third-order valence-corrected chi connectivity index (χ3v) is 7.25. The molecule has 12 nitrogen and oxygen atoms in total. The van der Waals surface area contributed by atoms with Gasteiger partial charge in [0.05, 0.1) is 11.3 Å². The van der Waals surface area contributed by atoms with E-state index in [0.717, 1.165) is 6.07 Å². The summed E-state index contributed by atoms with van der Waals surface area (Å²) >= 11 is 10.2. The van der Waals surface area contributed by atoms with Crippen molar-refractivity contribution in [2.75, 3.05) is 18.8 Å². The van der Waals surface area contributed by atoms with Gasteiger partial charge in [-0.05, 0) is 6.07 Å². The number of nitrogens with two attached hydrogens (primary N) is 3. The average Bonchev–Trinajstić information content (AvgIpc) is 2.68. The molecular formula is C16H14N4O8S4. The summed E-state index contributed by atoms with van der Waals surface area (Å²) in [4.78, 5) is 22.8. The zero-order valence-electron chi connectivity index (χ0n) is 15.7. The smallest absolute Gasteiger partial charge is 0.297 e. The van der Waals surface area contributed by atoms with Crippen molar-refractivity contribution in [1.29, 1.82) is 0 Å². The molecule has 0 atom stereocenters. The van der Waals surface area contributed by atoms with E-state index in [1.165, 1.54) is 0 Å². The summed E-state index contributed by atoms with van der Waals surface area (Å²) < 4.78 is 68.3. The van der Waals surface area contributed by atoms with Crippen molar-refractivity contribution in [3.05, 3.63) is 28.3 Å². The number of carbonyl (C=O) groups excluding carboxylic acids is 2. The van der Waals surface area contributed by atoms with E-state index in [1.54, 1.807) is 0 Å². The Bertz CT molecular complexity index is 1500. The molecule has 0 saturated carbocycles. The monoisotopic (exact) mass is 518 g/mol. The Morgan fingerprint density at radius 2 is 1.44 bits per heavy atom. The molecule has 0 spiro atoms. The summed E-state index contributed by atoms with van der Waals surface area (Å²) in [5.41, 5.74) is 14.4. The Morgan fingerprint density at radius 1 is 0.906 bits per heavy atom. The second kappa shape index (κ2) is 7.85. The average molecular weight is 519 g/mol. The Hall–Kier alpha value is -2.44. The number of thiocarbonyl (C=S) groups is 2. The minimum Gasteiger partial charge on any atom is -0.397 e. The van der Waals surface area contributed by atoms with E-state index in [-0.39, 0.29) is 15.1 Å². The van der Waals surface area contributed by atoms with Gasteiger partial charge in [-0.15, -0.1) is 0 Å². The van der Waals surface area contributed by atoms with Crippen molar-refractivity contribution < 1.29 is 35.5 Å². The van der Waals surface area contributed by atoms with Crippen LogP contribution in [0, 0.1) is 0 Å². The SMILES string of the molecule is NCC(=S)c1c(S(=O)(=O)O)c(N)c2c(C(=S)CN)c(S(=O)(=O)O)cc3c2c1C(=O)NC3=O. The van der Waals surface area contributed by atoms with Crippen LogP contribution in [-0.2, 0) is 20.2 Å². The standard InChI is InChI=1S/C16H14N4O8S4/c17-2-5(29)9-7(31(23,24)25)1-4-8-11(9)13(19)14(32(26,27)28)10(6(30)3-18)12(8)16(22)20-15(4)21/h1H,2-3,17-19H2,(H,20,21,22)(H,23,24,25)(H,26,27,28). The predicted molar refractivity (Wildman–Crippen MR) is 121 cm³/mol. The van der Waals surface area contributed by atoms with E-state index >= 15 is 0 Å². The topological polar surface area (TPSA) is 233 Å². The van der Waals surface area contributed by atoms with Gasteiger partial charge in [0.2, 0.25) is 0 Å². The second-order valence-corrected chi connectivity index (χ2v) is 10.3. The zero-order valence-corrected chi connectivity index (χ0v) is 19.0. The fourth-order valence-electron chi connectivity index (χ4n) is 3.53. The van der Waals surface area contributed by atoms with Crippen molar-refractivity contribution in [3.63, 3.8) is 0 Å². The minimum atomic E-state index is -5.19. The highest BCUT2D eigenvalue weighted by atomic mass is 32.2. The molecular weight excluding hydrogens is 504 g/mol. The van der Waals surface area contributed by atoms with Gasteiger partial charge in [0, 0.05) is 50.3 Å². The highest BCUT2D eigenvalue weighted by Crippen LogP contribution is 2.43. The summed E-state index contributed by atoms with van der Waals surface area (Å²) in [6.07, 6.45) is 0. The maximum Gasteiger partial charge on any atom is 0.297 e. The third-order valence-electron chi connectivity index (χ3n) is 4.70. The van der Waals surface area contributed by atoms with Crippen molar-refractivity contribution in [2.24, 2.45) is 11.5 Å². The van der Waals surface area contributed by atoms with Crippen LogP contribution in [0.1, 0.15) is 31.8 Å². The lowest BCUT2D eigenvalue weighted by atomic mass is 9.86. The first-order chi connectivity index (χ1) is 14.7. The molecule has 9 N–H and O–H groups in total. The van der Waals surface area contributed by atoms with Crippen LogP contribution >= 0.6 is 24.4 Å². The zero-order chi connectivity index (χ0) is 24.3. The van der Waals surface area contributed by atoms with Gasteiger partial charge in [0.15, 0.2) is 0 Å². The molecule has 0 aromatic heterocycles. The normalized spacial score (nSPS) is 13.9. The van der Waals surface area contributed by atoms with Gasteiger partial charge in [-0.3, -0.25) is 24.0 Å². The van der Waals surface area contributed by atoms with E-state index in [4.69, 9.17) is 41.6 Å². The van der Waals surface area contributed by atoms with Crippen LogP contribution in [0.15, 0.2) is 15.9 Å². The number of carbonyl (C=O) groups is 2. The summed E-state index contributed by atoms with van der Waals surface area (Å²) in [6, 6.07) is 0.752. The summed E-state index contributed by atoms with van der Waals surface area (Å²) in [6.45, 7) is -0.894. The Kier molecular flexibility index (Phi) is 5.94. The summed E-state index contributed by atoms with van der Waals surface area (Å²) in [5, 5.41) is 1.15. The van der Waals surface area contributed by atoms with Gasteiger partial charge in [-0.25, -0.2) is 0 Å². The Morgan fingerprint density at radius 3 is 1.91 bits per heavy atom. The minimum absolute atomic E-state index is 0.285. The molecule has 16 heteroatoms. The highest BCUT2D eigenvalue weighted by molar-refractivity contribution is 7.86. The highest BCUT2D eigenvalue weighted by Gasteiger charge is 2.38. The molecule has 0 radical (unpaired) electrons. The fourth-order valence-corrected chi connectivity index (χ4v) is 5.69. The molecule has 3 rings (SSSR count). The number of nitrogens with one attached hydrogen (secondary N) is 1. The van der Waals surface area contributed by atoms with Gasteiger partial charge >= 0.3 is 0 Å². The van der Waals surface area contributed by atoms with Crippen LogP contribution in [0.25, 0.3) is 10.8 Å². The third kappa shape index (κ3) is 3.59. The number of hydrogen-bond donors (Lipinski definition) is 6. The molecule has 1 aliphatic heterocycles. The van der Waals surface area contributed by atoms with E-state index in [9.17, 15) is 35.5 Å². The molecule has 0 saturated heterocycles. The van der Waals surface area contributed by atoms with Crippen LogP contribution in [0.5, 0.6) is 0 Å². The number of nitrogen functional groups attached to an aromatic ring is 1. The van der Waals surface area contributed by atoms with Crippen LogP contribution in [0.2, 0.25) is 0 Å². The van der Waals surface area contributed by atoms with E-state index in [1.807, 2.05) is 5.32 Å². The quantitative estimate of drug-likeness (QED) is 0.0900. The van der Waals surface area contributed by atoms with Crippen molar-refractivity contribution >= 4 is 82.7 Å². The number of imide groups is 1. The molecule has 1 aliphatic rings. The number of hydrogen-bond acceptors (Lipinski definition) is 11. The first-order valence-electron chi connectivity index (χ1n) is 8.40. The first-order valence-corrected chi connectivity index (χ1v) is 12.1. The molecule has 1 heterocycles. The lowest BCUT2D eigenvalue weighted by molar-refractivity contribution is 0.0844. The molecule has 2 aromatic rings. The molecule has 0 fully saturated rings. The van der Waals surface area contributed by atoms with Crippen LogP contribution in [0.4, 0.5) is 5.69 Å². The number of amides is 2. The Balaban J connectivity index is 2.89. The van der Waals surface area contributed by atoms with Crippen LogP contribution in [-0.4, -0.2) is 60.6 Å². The molecule has 32 heavy (non-hydrogen) atoms. The molecule has 0 bridgehead atoms. The van der Waals surface area contributed by atoms with Crippen molar-refractivity contribution in [3.8, 4) is 0 Å². The molecule has 2 amide bonds. The van der Waals surface area contributed by atoms with Gasteiger partial charge in [0.1, 0.15) is 9.79 Å². The predicted octanol–water partition coefficient (Wildman–Crippen LogP) is -0.848. The second-order valence-electron chi connectivity index (χ2n) is 6.53. The van der Waals surface area contributed by atoms with E-state index in [0.29, 0.717) is 0 Å². The molecule has 2 aromatic carbocycles. The van der Waals surface area contributed by atoms with E-state index < -0.39 is 88.3 Å². The van der Waals surface area contributed by atoms with Crippen molar-refractivity contribution in [2.45, 2.75) is 9.79 Å². The number of anilines is 1. The van der Waals surface area contributed by atoms with Gasteiger partial charge < -0.3 is 17.2 Å². The molecule has 0 aliphatic carbocycles. The summed E-state index contributed by atoms with van der Waals surface area (Å²) in [5.74, 6) is -2.17. The maximum absolute atomic E-state index is 12.8. The first kappa shape index (κ1) is 24.2. The van der Waals surface area contributed by atoms with E-state index in [2.05, 4.69) is 0 Å². The van der Waals surface area contributed by atoms with Crippen LogP contribution in [0.3, 0.4) is 0 Å². The number of benzene rings is 2. The molecule has 170 valence electrons. The largest absolute Gasteiger partial charge is 0.397 e. The van der Waals surface area contributed by atoms with Gasteiger partial charge in [0.25, 0.3) is 32.1 Å². The van der Waals surface area contributed by atoms with Crippen molar-refractivity contribution in [1.82, 2.24) is 5.32 Å². The van der Waals surface area contributed by atoms with Gasteiger partial charge in [-0.2, -0.15) is 16.8 Å². The fraction of sp³-hybridized carbons (Fsp3) is 0.125. The molecule has 0 unspecified atom stereocenters. The van der Waals surface area contributed by atoms with Gasteiger partial charge in [-0.1, -0.05) is 24.4 Å². The maximum atomic E-state index is 12.8. The Labute approximate surface area is 191 Å². The summed E-state index contributed by atoms with van der Waals surface area (Å²) in [7, 11) is -10.2. The lowest BCUT2D eigenvalue weighted by Gasteiger charge is -2.26. The van der Waals surface area contributed by atoms with Crippen LogP contribution < -0.4 is 22.5 Å².